The molecule has 0 N–H and O–H groups in total. The van der Waals surface area contributed by atoms with E-state index in [2.05, 4.69) is 60.6 Å². The lowest BCUT2D eigenvalue weighted by molar-refractivity contribution is -0.126. The van der Waals surface area contributed by atoms with Gasteiger partial charge in [0.05, 0.1) is 35.6 Å². The SMILES string of the molecule is C=CC(=O)N1CCn2nc(-c3ccc(C(C)C)cc3)c3c2C(C1)N(C(=O)c1ccc(Br)c(OC)c1)CC3. The second-order valence-corrected chi connectivity index (χ2v) is 10.7. The van der Waals surface area contributed by atoms with Crippen LogP contribution in [0.4, 0.5) is 0 Å². The molecule has 8 heteroatoms. The molecule has 1 atom stereocenters. The van der Waals surface area contributed by atoms with Crippen LogP contribution in [0.5, 0.6) is 5.75 Å². The van der Waals surface area contributed by atoms with E-state index in [0.717, 1.165) is 27.0 Å². The van der Waals surface area contributed by atoms with Crippen molar-refractivity contribution in [3.05, 3.63) is 82.0 Å². The van der Waals surface area contributed by atoms with Crippen molar-refractivity contribution in [1.82, 2.24) is 19.6 Å². The normalized spacial score (nSPS) is 16.8. The summed E-state index contributed by atoms with van der Waals surface area (Å²) in [5, 5.41) is 5.03. The van der Waals surface area contributed by atoms with E-state index in [1.54, 1.807) is 24.1 Å². The van der Waals surface area contributed by atoms with Gasteiger partial charge in [-0.2, -0.15) is 5.10 Å². The van der Waals surface area contributed by atoms with E-state index in [0.29, 0.717) is 49.8 Å². The zero-order valence-electron chi connectivity index (χ0n) is 21.4. The van der Waals surface area contributed by atoms with Gasteiger partial charge in [-0.05, 0) is 58.1 Å². The van der Waals surface area contributed by atoms with Crippen LogP contribution in [0, 0.1) is 0 Å². The summed E-state index contributed by atoms with van der Waals surface area (Å²) < 4.78 is 8.22. The van der Waals surface area contributed by atoms with Gasteiger partial charge in [-0.25, -0.2) is 0 Å². The van der Waals surface area contributed by atoms with Gasteiger partial charge in [-0.15, -0.1) is 0 Å². The molecule has 3 heterocycles. The first kappa shape index (κ1) is 25.3. The van der Waals surface area contributed by atoms with E-state index in [4.69, 9.17) is 9.84 Å². The van der Waals surface area contributed by atoms with Crippen LogP contribution in [-0.2, 0) is 17.8 Å². The van der Waals surface area contributed by atoms with Gasteiger partial charge in [0.25, 0.3) is 5.91 Å². The monoisotopic (exact) mass is 562 g/mol. The number of methoxy groups -OCH3 is 1. The zero-order chi connectivity index (χ0) is 26.3. The van der Waals surface area contributed by atoms with Gasteiger partial charge < -0.3 is 14.5 Å². The van der Waals surface area contributed by atoms with E-state index in [1.807, 2.05) is 15.6 Å². The van der Waals surface area contributed by atoms with Crippen LogP contribution in [0.2, 0.25) is 0 Å². The van der Waals surface area contributed by atoms with Gasteiger partial charge in [0.1, 0.15) is 5.75 Å². The Bertz CT molecular complexity index is 1360. The molecule has 1 unspecified atom stereocenters. The van der Waals surface area contributed by atoms with E-state index in [-0.39, 0.29) is 17.9 Å². The first-order chi connectivity index (χ1) is 17.8. The summed E-state index contributed by atoms with van der Waals surface area (Å²) in [5.41, 5.74) is 6.06. The second-order valence-electron chi connectivity index (χ2n) is 9.81. The number of amides is 2. The lowest BCUT2D eigenvalue weighted by Gasteiger charge is -2.37. The Balaban J connectivity index is 1.57. The number of aromatic nitrogens is 2. The minimum Gasteiger partial charge on any atom is -0.496 e. The quantitative estimate of drug-likeness (QED) is 0.400. The topological polar surface area (TPSA) is 67.7 Å². The fourth-order valence-electron chi connectivity index (χ4n) is 5.33. The highest BCUT2D eigenvalue weighted by Gasteiger charge is 2.40. The number of hydrogen-bond donors (Lipinski definition) is 0. The predicted octanol–water partition coefficient (Wildman–Crippen LogP) is 5.21. The van der Waals surface area contributed by atoms with Gasteiger partial charge >= 0.3 is 0 Å². The van der Waals surface area contributed by atoms with Gasteiger partial charge in [0, 0.05) is 36.3 Å². The average Bonchev–Trinajstić information content (AvgIpc) is 3.18. The molecular formula is C29H31BrN4O3. The molecule has 5 rings (SSSR count). The third-order valence-electron chi connectivity index (χ3n) is 7.36. The van der Waals surface area contributed by atoms with Crippen LogP contribution in [0.1, 0.15) is 53.0 Å². The lowest BCUT2D eigenvalue weighted by atomic mass is 9.93. The molecule has 2 amide bonds. The van der Waals surface area contributed by atoms with E-state index < -0.39 is 0 Å². The van der Waals surface area contributed by atoms with Crippen LogP contribution >= 0.6 is 15.9 Å². The summed E-state index contributed by atoms with van der Waals surface area (Å²) in [6, 6.07) is 13.7. The first-order valence-electron chi connectivity index (χ1n) is 12.6. The Morgan fingerprint density at radius 1 is 1.14 bits per heavy atom. The van der Waals surface area contributed by atoms with Gasteiger partial charge in [0.15, 0.2) is 0 Å². The van der Waals surface area contributed by atoms with Crippen LogP contribution < -0.4 is 4.74 Å². The smallest absolute Gasteiger partial charge is 0.254 e. The Morgan fingerprint density at radius 2 is 1.89 bits per heavy atom. The molecule has 0 spiro atoms. The number of rotatable bonds is 5. The summed E-state index contributed by atoms with van der Waals surface area (Å²) in [5.74, 6) is 0.829. The van der Waals surface area contributed by atoms with Crippen molar-refractivity contribution >= 4 is 27.7 Å². The summed E-state index contributed by atoms with van der Waals surface area (Å²) in [6.07, 6.45) is 2.03. The van der Waals surface area contributed by atoms with Crippen molar-refractivity contribution in [2.75, 3.05) is 26.7 Å². The minimum atomic E-state index is -0.312. The van der Waals surface area contributed by atoms with Crippen molar-refractivity contribution < 1.29 is 14.3 Å². The Kier molecular flexibility index (Phi) is 6.94. The van der Waals surface area contributed by atoms with E-state index in [9.17, 15) is 9.59 Å². The molecule has 0 aliphatic carbocycles. The minimum absolute atomic E-state index is 0.0926. The molecule has 0 bridgehead atoms. The molecule has 0 saturated carbocycles. The number of halogens is 1. The number of carbonyl (C=O) groups is 2. The van der Waals surface area contributed by atoms with Gasteiger partial charge in [-0.3, -0.25) is 14.3 Å². The maximum atomic E-state index is 13.8. The standard InChI is InChI=1S/C29H31BrN4O3/c1-5-26(35)32-14-15-34-28-22(27(31-34)20-8-6-19(7-9-20)18(2)3)12-13-33(24(28)17-32)29(36)21-10-11-23(30)25(16-21)37-4/h5-11,16,18,24H,1,12-15,17H2,2-4H3. The van der Waals surface area contributed by atoms with Crippen molar-refractivity contribution in [1.29, 1.82) is 0 Å². The summed E-state index contributed by atoms with van der Waals surface area (Å²) in [6.45, 7) is 10.1. The molecule has 1 aromatic heterocycles. The van der Waals surface area contributed by atoms with E-state index >= 15 is 0 Å². The van der Waals surface area contributed by atoms with Gasteiger partial charge in [-0.1, -0.05) is 44.7 Å². The molecule has 2 aliphatic rings. The second kappa shape index (κ2) is 10.2. The predicted molar refractivity (Wildman–Crippen MR) is 147 cm³/mol. The molecule has 37 heavy (non-hydrogen) atoms. The third-order valence-corrected chi connectivity index (χ3v) is 8.01. The van der Waals surface area contributed by atoms with Crippen LogP contribution in [0.3, 0.4) is 0 Å². The molecule has 2 aliphatic heterocycles. The number of carbonyl (C=O) groups excluding carboxylic acids is 2. The Hall–Kier alpha value is -3.39. The lowest BCUT2D eigenvalue weighted by Crippen LogP contribution is -2.45. The fraction of sp³-hybridized carbons (Fsp3) is 0.345. The molecule has 3 aromatic rings. The maximum absolute atomic E-state index is 13.8. The van der Waals surface area contributed by atoms with Crippen molar-refractivity contribution in [3.63, 3.8) is 0 Å². The summed E-state index contributed by atoms with van der Waals surface area (Å²) in [4.78, 5) is 30.1. The van der Waals surface area contributed by atoms with Crippen molar-refractivity contribution in [3.8, 4) is 17.0 Å². The number of benzene rings is 2. The number of ether oxygens (including phenoxy) is 1. The molecule has 192 valence electrons. The van der Waals surface area contributed by atoms with Crippen LogP contribution in [0.25, 0.3) is 11.3 Å². The molecular weight excluding hydrogens is 532 g/mol. The molecule has 0 saturated heterocycles. The highest BCUT2D eigenvalue weighted by atomic mass is 79.9. The number of hydrogen-bond acceptors (Lipinski definition) is 4. The van der Waals surface area contributed by atoms with Crippen molar-refractivity contribution in [2.45, 2.75) is 38.8 Å². The van der Waals surface area contributed by atoms with E-state index in [1.165, 1.54) is 11.6 Å². The van der Waals surface area contributed by atoms with Gasteiger partial charge in [0.2, 0.25) is 5.91 Å². The third kappa shape index (κ3) is 4.59. The Morgan fingerprint density at radius 3 is 2.57 bits per heavy atom. The molecule has 0 fully saturated rings. The first-order valence-corrected chi connectivity index (χ1v) is 13.4. The fourth-order valence-corrected chi connectivity index (χ4v) is 5.74. The maximum Gasteiger partial charge on any atom is 0.254 e. The molecule has 2 aromatic carbocycles. The largest absolute Gasteiger partial charge is 0.496 e. The zero-order valence-corrected chi connectivity index (χ0v) is 23.0. The Labute approximate surface area is 225 Å². The highest BCUT2D eigenvalue weighted by Crippen LogP contribution is 2.39. The van der Waals surface area contributed by atoms with Crippen LogP contribution in [0.15, 0.2) is 59.6 Å². The average molecular weight is 563 g/mol. The summed E-state index contributed by atoms with van der Waals surface area (Å²) in [7, 11) is 1.58. The van der Waals surface area contributed by atoms with Crippen LogP contribution in [-0.4, -0.2) is 58.1 Å². The number of nitrogens with zero attached hydrogens (tertiary/aromatic N) is 4. The molecule has 0 radical (unpaired) electrons. The highest BCUT2D eigenvalue weighted by molar-refractivity contribution is 9.10. The summed E-state index contributed by atoms with van der Waals surface area (Å²) >= 11 is 3.47. The van der Waals surface area contributed by atoms with Crippen molar-refractivity contribution in [2.24, 2.45) is 0 Å². The molecule has 7 nitrogen and oxygen atoms in total.